The van der Waals surface area contributed by atoms with E-state index in [2.05, 4.69) is 24.8 Å². The van der Waals surface area contributed by atoms with E-state index >= 15 is 0 Å². The number of halogens is 3. The lowest BCUT2D eigenvalue weighted by Gasteiger charge is -2.29. The molecule has 2 aromatic rings. The molecular formula is C24H30F3N5O4S. The molecule has 2 aromatic heterocycles. The van der Waals surface area contributed by atoms with Crippen LogP contribution < -0.4 is 9.47 Å². The fraction of sp³-hybridized carbons (Fsp3) is 0.625. The number of alkyl halides is 3. The maximum Gasteiger partial charge on any atom is 0.422 e. The van der Waals surface area contributed by atoms with Crippen LogP contribution in [-0.2, 0) is 22.4 Å². The first-order valence-electron chi connectivity index (χ1n) is 12.2. The second-order valence-electron chi connectivity index (χ2n) is 9.10. The van der Waals surface area contributed by atoms with E-state index in [9.17, 15) is 18.0 Å². The van der Waals surface area contributed by atoms with Gasteiger partial charge in [-0.15, -0.1) is 0 Å². The molecule has 1 amide bonds. The molecule has 202 valence electrons. The Kier molecular flexibility index (Phi) is 9.43. The highest BCUT2D eigenvalue weighted by Crippen LogP contribution is 2.30. The number of rotatable bonds is 9. The van der Waals surface area contributed by atoms with Crippen LogP contribution in [0.15, 0.2) is 17.4 Å². The highest BCUT2D eigenvalue weighted by molar-refractivity contribution is 7.13. The zero-order chi connectivity index (χ0) is 26.3. The normalized spacial score (nSPS) is 21.0. The Morgan fingerprint density at radius 2 is 2.03 bits per heavy atom. The quantitative estimate of drug-likeness (QED) is 0.446. The second-order valence-corrected chi connectivity index (χ2v) is 10.1. The molecule has 0 spiro atoms. The van der Waals surface area contributed by atoms with E-state index < -0.39 is 12.8 Å². The van der Waals surface area contributed by atoms with Crippen molar-refractivity contribution in [2.45, 2.75) is 51.3 Å². The summed E-state index contributed by atoms with van der Waals surface area (Å²) in [5.41, 5.74) is 0.841. The van der Waals surface area contributed by atoms with Gasteiger partial charge in [0.2, 0.25) is 0 Å². The Hall–Kier alpha value is -2.64. The van der Waals surface area contributed by atoms with Gasteiger partial charge >= 0.3 is 6.18 Å². The third-order valence-corrected chi connectivity index (χ3v) is 7.23. The van der Waals surface area contributed by atoms with Gasteiger partial charge in [0, 0.05) is 43.1 Å². The number of carbonyl (C=O) groups excluding carboxylic acids is 1. The molecule has 2 aliphatic heterocycles. The van der Waals surface area contributed by atoms with Gasteiger partial charge in [-0.05, 0) is 32.6 Å². The molecule has 37 heavy (non-hydrogen) atoms. The Balaban J connectivity index is 1.11. The lowest BCUT2D eigenvalue weighted by atomic mass is 9.98. The van der Waals surface area contributed by atoms with Gasteiger partial charge in [0.1, 0.15) is 5.82 Å². The van der Waals surface area contributed by atoms with E-state index in [0.717, 1.165) is 55.9 Å². The maximum atomic E-state index is 12.4. The number of aryl methyl sites for hydroxylation is 1. The van der Waals surface area contributed by atoms with Crippen LogP contribution >= 0.6 is 11.3 Å². The zero-order valence-electron chi connectivity index (χ0n) is 20.6. The second kappa shape index (κ2) is 12.7. The van der Waals surface area contributed by atoms with Gasteiger partial charge < -0.3 is 19.1 Å². The van der Waals surface area contributed by atoms with Crippen molar-refractivity contribution in [1.82, 2.24) is 19.9 Å². The minimum absolute atomic E-state index is 0.0944. The van der Waals surface area contributed by atoms with Crippen LogP contribution in [0, 0.1) is 12.8 Å². The zero-order valence-corrected chi connectivity index (χ0v) is 21.4. The molecule has 13 heteroatoms. The molecule has 2 atom stereocenters. The number of hydrogen-bond acceptors (Lipinski definition) is 9. The van der Waals surface area contributed by atoms with Crippen LogP contribution in [0.3, 0.4) is 0 Å². The largest absolute Gasteiger partial charge is 0.480 e. The number of fused-ring (bicyclic) bond motifs is 1. The minimum atomic E-state index is -4.36. The number of aromatic nitrogens is 3. The van der Waals surface area contributed by atoms with Gasteiger partial charge in [0.25, 0.3) is 11.1 Å². The van der Waals surface area contributed by atoms with Gasteiger partial charge in [-0.2, -0.15) is 13.2 Å². The van der Waals surface area contributed by atoms with E-state index in [1.165, 1.54) is 23.7 Å². The van der Waals surface area contributed by atoms with Crippen LogP contribution in [0.4, 0.5) is 13.2 Å². The van der Waals surface area contributed by atoms with Crippen molar-refractivity contribution < 1.29 is 32.2 Å². The highest BCUT2D eigenvalue weighted by Gasteiger charge is 2.30. The number of amides is 1. The van der Waals surface area contributed by atoms with Crippen LogP contribution in [0.25, 0.3) is 0 Å². The van der Waals surface area contributed by atoms with E-state index in [-0.39, 0.29) is 29.7 Å². The van der Waals surface area contributed by atoms with Crippen molar-refractivity contribution in [3.63, 3.8) is 0 Å². The summed E-state index contributed by atoms with van der Waals surface area (Å²) in [5, 5.41) is 0.0968. The lowest BCUT2D eigenvalue weighted by molar-refractivity contribution is -0.153. The summed E-state index contributed by atoms with van der Waals surface area (Å²) in [4.78, 5) is 31.6. The first-order chi connectivity index (χ1) is 17.7. The summed E-state index contributed by atoms with van der Waals surface area (Å²) in [7, 11) is 0. The SMILES string of the molecule is Cc1ncc(OCC(=O)N=CC2CC[C@H](CCN3CCc4nc(OCC(F)(F)F)sc4CC3)OC2)cn1. The van der Waals surface area contributed by atoms with Crippen molar-refractivity contribution in [3.8, 4) is 10.9 Å². The predicted octanol–water partition coefficient (Wildman–Crippen LogP) is 3.44. The van der Waals surface area contributed by atoms with E-state index in [1.54, 1.807) is 13.1 Å². The van der Waals surface area contributed by atoms with Crippen molar-refractivity contribution >= 4 is 23.5 Å². The van der Waals surface area contributed by atoms with Crippen molar-refractivity contribution in [2.24, 2.45) is 10.9 Å². The third kappa shape index (κ3) is 9.00. The molecular weight excluding hydrogens is 511 g/mol. The topological polar surface area (TPSA) is 99.0 Å². The Morgan fingerprint density at radius 1 is 1.24 bits per heavy atom. The number of aliphatic imine (C=N–C) groups is 1. The van der Waals surface area contributed by atoms with E-state index in [4.69, 9.17) is 14.2 Å². The Morgan fingerprint density at radius 3 is 2.76 bits per heavy atom. The molecule has 9 nitrogen and oxygen atoms in total. The van der Waals surface area contributed by atoms with Gasteiger partial charge in [-0.25, -0.2) is 19.9 Å². The predicted molar refractivity (Wildman–Crippen MR) is 130 cm³/mol. The average molecular weight is 542 g/mol. The average Bonchev–Trinajstić information content (AvgIpc) is 3.18. The number of nitrogens with zero attached hydrogens (tertiary/aromatic N) is 5. The van der Waals surface area contributed by atoms with Gasteiger partial charge in [-0.1, -0.05) is 11.3 Å². The lowest BCUT2D eigenvalue weighted by Crippen LogP contribution is -2.33. The molecule has 0 saturated carbocycles. The molecule has 1 unspecified atom stereocenters. The van der Waals surface area contributed by atoms with Gasteiger partial charge in [0.15, 0.2) is 19.0 Å². The first-order valence-corrected chi connectivity index (χ1v) is 13.1. The molecule has 4 rings (SSSR count). The molecule has 0 bridgehead atoms. The standard InChI is InChI=1S/C24H30F3N5O4S/c1-16-28-11-19(12-29-16)35-14-22(33)30-10-17-2-3-18(34-13-17)4-7-32-8-5-20-21(6-9-32)37-23(31-20)36-15-24(25,26)27/h10-12,17-18H,2-9,13-15H2,1H3/t17?,18-/m1/s1. The summed E-state index contributed by atoms with van der Waals surface area (Å²) >= 11 is 1.21. The summed E-state index contributed by atoms with van der Waals surface area (Å²) < 4.78 is 53.3. The molecule has 0 N–H and O–H groups in total. The summed E-state index contributed by atoms with van der Waals surface area (Å²) in [5.74, 6) is 0.777. The molecule has 2 aliphatic rings. The third-order valence-electron chi connectivity index (χ3n) is 6.16. The molecule has 1 saturated heterocycles. The van der Waals surface area contributed by atoms with Crippen LogP contribution in [0.1, 0.15) is 35.7 Å². The maximum absolute atomic E-state index is 12.4. The van der Waals surface area contributed by atoms with Crippen molar-refractivity contribution in [3.05, 3.63) is 28.8 Å². The number of carbonyl (C=O) groups is 1. The molecule has 1 fully saturated rings. The van der Waals surface area contributed by atoms with E-state index in [1.807, 2.05) is 0 Å². The fourth-order valence-electron chi connectivity index (χ4n) is 4.14. The van der Waals surface area contributed by atoms with Crippen molar-refractivity contribution in [1.29, 1.82) is 0 Å². The van der Waals surface area contributed by atoms with Gasteiger partial charge in [-0.3, -0.25) is 4.79 Å². The molecule has 4 heterocycles. The number of thiazole rings is 1. The molecule has 0 radical (unpaired) electrons. The van der Waals surface area contributed by atoms with Crippen LogP contribution in [0.5, 0.6) is 10.9 Å². The monoisotopic (exact) mass is 541 g/mol. The molecule has 0 aliphatic carbocycles. The Labute approximate surface area is 217 Å². The first kappa shape index (κ1) is 27.4. The Bertz CT molecular complexity index is 1030. The molecule has 0 aromatic carbocycles. The summed E-state index contributed by atoms with van der Waals surface area (Å²) in [6.07, 6.45) is 4.62. The van der Waals surface area contributed by atoms with Crippen molar-refractivity contribution in [2.75, 3.05) is 39.5 Å². The van der Waals surface area contributed by atoms with E-state index in [0.29, 0.717) is 24.6 Å². The summed E-state index contributed by atoms with van der Waals surface area (Å²) in [6, 6.07) is 0. The number of hydrogen-bond donors (Lipinski definition) is 0. The fourth-order valence-corrected chi connectivity index (χ4v) is 5.08. The van der Waals surface area contributed by atoms with Crippen LogP contribution in [0.2, 0.25) is 0 Å². The van der Waals surface area contributed by atoms with Crippen LogP contribution in [-0.4, -0.2) is 83.7 Å². The minimum Gasteiger partial charge on any atom is -0.480 e. The number of ether oxygens (including phenoxy) is 3. The highest BCUT2D eigenvalue weighted by atomic mass is 32.1. The van der Waals surface area contributed by atoms with Gasteiger partial charge in [0.05, 0.1) is 30.8 Å². The smallest absolute Gasteiger partial charge is 0.422 e. The summed E-state index contributed by atoms with van der Waals surface area (Å²) in [6.45, 7) is 3.33.